The van der Waals surface area contributed by atoms with E-state index in [0.717, 1.165) is 23.0 Å². The summed E-state index contributed by atoms with van der Waals surface area (Å²) in [7, 11) is -3.83. The zero-order valence-electron chi connectivity index (χ0n) is 29.8. The molecule has 0 saturated heterocycles. The molecule has 0 aromatic rings. The first kappa shape index (κ1) is 41.7. The Hall–Kier alpha value is 0.704. The summed E-state index contributed by atoms with van der Waals surface area (Å²) in [6.07, 6.45) is 26.5. The highest BCUT2D eigenvalue weighted by atomic mass is 32.2. The van der Waals surface area contributed by atoms with Crippen LogP contribution < -0.4 is 0 Å². The predicted molar refractivity (Wildman–Crippen MR) is 196 cm³/mol. The van der Waals surface area contributed by atoms with E-state index in [1.165, 1.54) is 153 Å². The van der Waals surface area contributed by atoms with E-state index in [-0.39, 0.29) is 0 Å². The van der Waals surface area contributed by atoms with Gasteiger partial charge in [0.25, 0.3) is 0 Å². The van der Waals surface area contributed by atoms with Crippen molar-refractivity contribution in [3.05, 3.63) is 0 Å². The summed E-state index contributed by atoms with van der Waals surface area (Å²) >= 11 is 2.47. The van der Waals surface area contributed by atoms with Crippen LogP contribution in [0.1, 0.15) is 184 Å². The molecule has 0 aliphatic heterocycles. The zero-order chi connectivity index (χ0) is 30.7. The zero-order valence-corrected chi connectivity index (χ0v) is 32.6. The van der Waals surface area contributed by atoms with Crippen LogP contribution in [0.2, 0.25) is 24.2 Å². The summed E-state index contributed by atoms with van der Waals surface area (Å²) in [6.45, 7) is 21.0. The maximum atomic E-state index is 7.36. The Morgan fingerprint density at radius 1 is 0.390 bits per heavy atom. The van der Waals surface area contributed by atoms with Gasteiger partial charge in [-0.2, -0.15) is 11.8 Å². The Morgan fingerprint density at radius 2 is 0.683 bits per heavy atom. The lowest BCUT2D eigenvalue weighted by Gasteiger charge is -2.45. The first-order chi connectivity index (χ1) is 20.0. The minimum Gasteiger partial charge on any atom is -0.416 e. The summed E-state index contributed by atoms with van der Waals surface area (Å²) < 4.78 is 14.7. The van der Waals surface area contributed by atoms with Crippen molar-refractivity contribution in [3.8, 4) is 0 Å². The predicted octanol–water partition coefficient (Wildman–Crippen LogP) is 13.4. The Kier molecular flexibility index (Phi) is 28.7. The molecule has 0 aromatic heterocycles. The summed E-state index contributed by atoms with van der Waals surface area (Å²) in [4.78, 5) is 1.46. The second-order valence-electron chi connectivity index (χ2n) is 13.1. The molecule has 0 spiro atoms. The molecule has 0 saturated carbocycles. The van der Waals surface area contributed by atoms with Crippen LogP contribution in [0.5, 0.6) is 0 Å². The molecule has 0 bridgehead atoms. The van der Waals surface area contributed by atoms with Crippen LogP contribution in [0.15, 0.2) is 0 Å². The second kappa shape index (κ2) is 28.2. The monoisotopic (exact) mass is 631 g/mol. The van der Waals surface area contributed by atoms with Gasteiger partial charge in [-0.15, -0.1) is 0 Å². The Labute approximate surface area is 267 Å². The van der Waals surface area contributed by atoms with Gasteiger partial charge in [-0.3, -0.25) is 0 Å². The minimum absolute atomic E-state index is 0.730. The fraction of sp³-hybridized carbons (Fsp3) is 1.00. The van der Waals surface area contributed by atoms with E-state index >= 15 is 0 Å². The molecule has 0 fully saturated rings. The fourth-order valence-electron chi connectivity index (χ4n) is 6.54. The van der Waals surface area contributed by atoms with Crippen LogP contribution >= 0.6 is 11.8 Å². The highest BCUT2D eigenvalue weighted by Crippen LogP contribution is 2.45. The van der Waals surface area contributed by atoms with Crippen LogP contribution in [0.3, 0.4) is 0 Å². The number of hydrogen-bond acceptors (Lipinski definition) is 3. The lowest BCUT2D eigenvalue weighted by atomic mass is 10.3. The molecule has 2 atom stereocenters. The van der Waals surface area contributed by atoms with Gasteiger partial charge < -0.3 is 8.85 Å². The SMILES string of the molecule is CCCCC[Si](CCCCC)(OCCCC)C(CCC)SC(CCC)[Si](CCCCC)(CCCCC)OCCCC. The molecular formula is C36H78O2SSi2. The van der Waals surface area contributed by atoms with Crippen LogP contribution in [-0.2, 0) is 8.85 Å². The molecule has 0 N–H and O–H groups in total. The first-order valence-electron chi connectivity index (χ1n) is 18.9. The summed E-state index contributed by atoms with van der Waals surface area (Å²) in [5, 5.41) is 0. The topological polar surface area (TPSA) is 18.5 Å². The molecule has 0 heterocycles. The van der Waals surface area contributed by atoms with Crippen molar-refractivity contribution in [1.82, 2.24) is 0 Å². The summed E-state index contributed by atoms with van der Waals surface area (Å²) in [6, 6.07) is 5.56. The molecule has 0 rings (SSSR count). The van der Waals surface area contributed by atoms with Crippen molar-refractivity contribution in [1.29, 1.82) is 0 Å². The molecule has 41 heavy (non-hydrogen) atoms. The van der Waals surface area contributed by atoms with Crippen molar-refractivity contribution < 1.29 is 8.85 Å². The highest BCUT2D eigenvalue weighted by molar-refractivity contribution is 8.03. The largest absolute Gasteiger partial charge is 0.416 e. The van der Waals surface area contributed by atoms with Crippen molar-refractivity contribution in [2.45, 2.75) is 218 Å². The standard InChI is InChI=1S/C36H78O2SSi2/c1-9-17-23-31-40(32-24-18-10-2,37-29-21-13-5)35(27-15-7)39-36(28-16-8)41(33-25-19-11-3,34-26-20-12-4)38-30-22-14-6/h35-36H,9-34H2,1-8H3. The summed E-state index contributed by atoms with van der Waals surface area (Å²) in [5.41, 5.74) is 0. The molecule has 0 aliphatic carbocycles. The molecule has 0 aliphatic rings. The van der Waals surface area contributed by atoms with Gasteiger partial charge in [0, 0.05) is 23.0 Å². The van der Waals surface area contributed by atoms with E-state index in [2.05, 4.69) is 67.2 Å². The Morgan fingerprint density at radius 3 is 0.927 bits per heavy atom. The third-order valence-electron chi connectivity index (χ3n) is 9.19. The summed E-state index contributed by atoms with van der Waals surface area (Å²) in [5.74, 6) is 0. The van der Waals surface area contributed by atoms with Gasteiger partial charge in [-0.05, 0) is 49.9 Å². The van der Waals surface area contributed by atoms with Crippen LogP contribution in [0, 0.1) is 0 Å². The number of unbranched alkanes of at least 4 members (excludes halogenated alkanes) is 10. The van der Waals surface area contributed by atoms with Gasteiger partial charge in [0.2, 0.25) is 16.6 Å². The minimum atomic E-state index is -1.91. The number of rotatable bonds is 32. The van der Waals surface area contributed by atoms with Crippen LogP contribution in [0.4, 0.5) is 0 Å². The van der Waals surface area contributed by atoms with Crippen molar-refractivity contribution in [2.24, 2.45) is 0 Å². The molecule has 2 nitrogen and oxygen atoms in total. The van der Waals surface area contributed by atoms with Gasteiger partial charge >= 0.3 is 0 Å². The van der Waals surface area contributed by atoms with E-state index in [0.29, 0.717) is 0 Å². The smallest absolute Gasteiger partial charge is 0.205 e. The second-order valence-corrected chi connectivity index (χ2v) is 23.5. The molecule has 0 radical (unpaired) electrons. The third kappa shape index (κ3) is 17.7. The number of thioether (sulfide) groups is 1. The van der Waals surface area contributed by atoms with E-state index in [9.17, 15) is 0 Å². The number of hydrogen-bond donors (Lipinski definition) is 0. The maximum absolute atomic E-state index is 7.36. The van der Waals surface area contributed by atoms with E-state index in [1.54, 1.807) is 0 Å². The quantitative estimate of drug-likeness (QED) is 0.0544. The first-order valence-corrected chi connectivity index (χ1v) is 24.7. The van der Waals surface area contributed by atoms with Crippen LogP contribution in [0.25, 0.3) is 0 Å². The van der Waals surface area contributed by atoms with Gasteiger partial charge in [-0.25, -0.2) is 0 Å². The molecule has 2 unspecified atom stereocenters. The van der Waals surface area contributed by atoms with Gasteiger partial charge in [0.15, 0.2) is 0 Å². The van der Waals surface area contributed by atoms with Crippen molar-refractivity contribution in [3.63, 3.8) is 0 Å². The van der Waals surface area contributed by atoms with Gasteiger partial charge in [0.1, 0.15) is 0 Å². The maximum Gasteiger partial charge on any atom is 0.205 e. The van der Waals surface area contributed by atoms with E-state index < -0.39 is 16.6 Å². The normalized spacial score (nSPS) is 14.0. The average Bonchev–Trinajstić information content (AvgIpc) is 2.97. The average molecular weight is 631 g/mol. The molecule has 0 amide bonds. The lowest BCUT2D eigenvalue weighted by Crippen LogP contribution is -2.54. The van der Waals surface area contributed by atoms with Crippen LogP contribution in [-0.4, -0.2) is 39.6 Å². The molecule has 5 heteroatoms. The Bertz CT molecular complexity index is 449. The lowest BCUT2D eigenvalue weighted by molar-refractivity contribution is 0.282. The third-order valence-corrected chi connectivity index (χ3v) is 23.0. The fourth-order valence-corrected chi connectivity index (χ4v) is 21.7. The van der Waals surface area contributed by atoms with E-state index in [1.807, 2.05) is 0 Å². The van der Waals surface area contributed by atoms with Gasteiger partial charge in [-0.1, -0.05) is 158 Å². The molecule has 248 valence electrons. The molecule has 0 aromatic carbocycles. The highest BCUT2D eigenvalue weighted by Gasteiger charge is 2.48. The van der Waals surface area contributed by atoms with Gasteiger partial charge in [0.05, 0.1) is 0 Å². The van der Waals surface area contributed by atoms with E-state index in [4.69, 9.17) is 8.85 Å². The molecular weight excluding hydrogens is 553 g/mol. The Balaban J connectivity index is 6.63. The van der Waals surface area contributed by atoms with Crippen molar-refractivity contribution in [2.75, 3.05) is 13.2 Å². The van der Waals surface area contributed by atoms with Crippen molar-refractivity contribution >= 4 is 28.4 Å².